The fourth-order valence-electron chi connectivity index (χ4n) is 2.84. The van der Waals surface area contributed by atoms with Crippen LogP contribution in [0.5, 0.6) is 0 Å². The fourth-order valence-corrected chi connectivity index (χ4v) is 3.27. The number of aromatic nitrogens is 3. The average molecular weight is 462 g/mol. The van der Waals surface area contributed by atoms with Crippen LogP contribution in [0.2, 0.25) is 10.0 Å². The molecule has 160 valence electrons. The van der Waals surface area contributed by atoms with E-state index in [4.69, 9.17) is 28.9 Å². The molecule has 0 saturated heterocycles. The lowest BCUT2D eigenvalue weighted by Crippen LogP contribution is -2.43. The van der Waals surface area contributed by atoms with Crippen molar-refractivity contribution in [3.8, 4) is 5.69 Å². The minimum absolute atomic E-state index is 0.111. The summed E-state index contributed by atoms with van der Waals surface area (Å²) in [4.78, 5) is 48.2. The third-order valence-corrected chi connectivity index (χ3v) is 5.05. The number of amides is 2. The molecule has 3 N–H and O–H groups in total. The van der Waals surface area contributed by atoms with Crippen LogP contribution in [-0.2, 0) is 17.8 Å². The minimum atomic E-state index is -0.876. The van der Waals surface area contributed by atoms with Crippen molar-refractivity contribution in [3.05, 3.63) is 90.7 Å². The van der Waals surface area contributed by atoms with Gasteiger partial charge in [0, 0.05) is 11.6 Å². The maximum absolute atomic E-state index is 12.6. The van der Waals surface area contributed by atoms with Crippen molar-refractivity contribution >= 4 is 35.0 Å². The first-order chi connectivity index (χ1) is 14.8. The Morgan fingerprint density at radius 3 is 2.52 bits per heavy atom. The van der Waals surface area contributed by atoms with Crippen molar-refractivity contribution in [2.45, 2.75) is 13.0 Å². The van der Waals surface area contributed by atoms with Gasteiger partial charge >= 0.3 is 5.69 Å². The van der Waals surface area contributed by atoms with E-state index in [0.29, 0.717) is 22.6 Å². The minimum Gasteiger partial charge on any atom is -0.368 e. The number of nitrogens with two attached hydrogens (primary N) is 1. The van der Waals surface area contributed by atoms with Crippen molar-refractivity contribution in [1.29, 1.82) is 0 Å². The second-order valence-corrected chi connectivity index (χ2v) is 7.31. The Morgan fingerprint density at radius 1 is 1.06 bits per heavy atom. The molecule has 3 rings (SSSR count). The first kappa shape index (κ1) is 22.3. The second kappa shape index (κ2) is 9.59. The quantitative estimate of drug-likeness (QED) is 0.545. The molecule has 0 aliphatic heterocycles. The highest BCUT2D eigenvalue weighted by atomic mass is 35.5. The van der Waals surface area contributed by atoms with Crippen LogP contribution in [0.15, 0.2) is 58.3 Å². The first-order valence-corrected chi connectivity index (χ1v) is 9.82. The second-order valence-electron chi connectivity index (χ2n) is 6.49. The predicted molar refractivity (Wildman–Crippen MR) is 116 cm³/mol. The monoisotopic (exact) mass is 461 g/mol. The van der Waals surface area contributed by atoms with Gasteiger partial charge in [-0.2, -0.15) is 9.78 Å². The van der Waals surface area contributed by atoms with Crippen LogP contribution >= 0.6 is 23.2 Å². The Morgan fingerprint density at radius 2 is 1.81 bits per heavy atom. The maximum atomic E-state index is 12.6. The van der Waals surface area contributed by atoms with Gasteiger partial charge in [0.1, 0.15) is 12.7 Å². The molecule has 0 atom stereocenters. The van der Waals surface area contributed by atoms with Crippen LogP contribution in [0, 0.1) is 0 Å². The van der Waals surface area contributed by atoms with Gasteiger partial charge in [0.15, 0.2) is 0 Å². The van der Waals surface area contributed by atoms with Crippen LogP contribution in [0.25, 0.3) is 5.69 Å². The lowest BCUT2D eigenvalue weighted by molar-refractivity contribution is -0.118. The molecule has 0 fully saturated rings. The van der Waals surface area contributed by atoms with E-state index < -0.39 is 29.6 Å². The first-order valence-electron chi connectivity index (χ1n) is 9.07. The molecule has 0 unspecified atom stereocenters. The number of carbonyl (C=O) groups is 2. The van der Waals surface area contributed by atoms with E-state index in [0.717, 1.165) is 16.4 Å². The summed E-state index contributed by atoms with van der Waals surface area (Å²) < 4.78 is 1.52. The molecule has 2 aromatic carbocycles. The maximum Gasteiger partial charge on any atom is 0.352 e. The van der Waals surface area contributed by atoms with Gasteiger partial charge in [0.2, 0.25) is 5.91 Å². The number of benzene rings is 2. The zero-order chi connectivity index (χ0) is 22.5. The predicted octanol–water partition coefficient (Wildman–Crippen LogP) is 1.16. The molecule has 0 aliphatic carbocycles. The number of halogens is 2. The topological polar surface area (TPSA) is 129 Å². The molecule has 1 heterocycles. The van der Waals surface area contributed by atoms with Gasteiger partial charge in [-0.1, -0.05) is 41.4 Å². The van der Waals surface area contributed by atoms with Gasteiger partial charge in [0.05, 0.1) is 16.3 Å². The highest BCUT2D eigenvalue weighted by Crippen LogP contribution is 2.19. The summed E-state index contributed by atoms with van der Waals surface area (Å²) in [5.41, 5.74) is 4.62. The molecule has 31 heavy (non-hydrogen) atoms. The summed E-state index contributed by atoms with van der Waals surface area (Å²) >= 11 is 12.3. The zero-order valence-electron chi connectivity index (χ0n) is 16.0. The summed E-state index contributed by atoms with van der Waals surface area (Å²) in [5, 5.41) is 7.31. The van der Waals surface area contributed by atoms with E-state index in [1.807, 2.05) is 18.2 Å². The highest BCUT2D eigenvalue weighted by molar-refractivity contribution is 6.34. The van der Waals surface area contributed by atoms with Crippen molar-refractivity contribution in [2.75, 3.05) is 6.54 Å². The van der Waals surface area contributed by atoms with E-state index in [1.54, 1.807) is 6.07 Å². The van der Waals surface area contributed by atoms with Crippen LogP contribution in [0.3, 0.4) is 0 Å². The highest BCUT2D eigenvalue weighted by Gasteiger charge is 2.15. The smallest absolute Gasteiger partial charge is 0.352 e. The normalized spacial score (nSPS) is 10.6. The van der Waals surface area contributed by atoms with Gasteiger partial charge in [-0.15, -0.1) is 0 Å². The lowest BCUT2D eigenvalue weighted by atomic mass is 10.1. The molecule has 0 radical (unpaired) electrons. The molecular formula is C20H17Cl2N5O4. The molecule has 11 heteroatoms. The van der Waals surface area contributed by atoms with Crippen LogP contribution < -0.4 is 22.3 Å². The molecule has 3 aromatic rings. The molecule has 0 bridgehead atoms. The number of rotatable bonds is 7. The Kier molecular flexibility index (Phi) is 6.88. The van der Waals surface area contributed by atoms with Gasteiger partial charge in [0.25, 0.3) is 11.5 Å². The molecule has 2 amide bonds. The zero-order valence-corrected chi connectivity index (χ0v) is 17.6. The molecule has 0 aliphatic rings. The Labute approximate surface area is 186 Å². The molecule has 9 nitrogen and oxygen atoms in total. The van der Waals surface area contributed by atoms with Crippen molar-refractivity contribution in [2.24, 2.45) is 5.73 Å². The van der Waals surface area contributed by atoms with E-state index >= 15 is 0 Å². The van der Waals surface area contributed by atoms with Crippen LogP contribution in [-0.4, -0.2) is 32.7 Å². The summed E-state index contributed by atoms with van der Waals surface area (Å²) in [6.45, 7) is -0.284. The largest absolute Gasteiger partial charge is 0.368 e. The number of nitrogens with one attached hydrogen (secondary N) is 1. The number of primary amides is 1. The Bertz CT molecular complexity index is 1270. The van der Waals surface area contributed by atoms with E-state index in [-0.39, 0.29) is 16.3 Å². The summed E-state index contributed by atoms with van der Waals surface area (Å²) in [6, 6.07) is 11.5. The fraction of sp³-hybridized carbons (Fsp3) is 0.150. The van der Waals surface area contributed by atoms with E-state index in [2.05, 4.69) is 10.4 Å². The third kappa shape index (κ3) is 5.19. The number of carbonyl (C=O) groups excluding carboxylic acids is 2. The van der Waals surface area contributed by atoms with Crippen molar-refractivity contribution in [3.63, 3.8) is 0 Å². The van der Waals surface area contributed by atoms with Crippen molar-refractivity contribution in [1.82, 2.24) is 19.7 Å². The molecule has 1 aromatic heterocycles. The Balaban J connectivity index is 1.84. The van der Waals surface area contributed by atoms with Crippen LogP contribution in [0.1, 0.15) is 15.9 Å². The average Bonchev–Trinajstić information content (AvgIpc) is 2.73. The molecular weight excluding hydrogens is 445 g/mol. The standard InChI is InChI=1S/C20H17Cl2N5O4/c21-15-4-2-1-3-12(15)7-8-24-19(30)14-9-13(5-6-16(14)22)27-20(31)26(11-17(23)28)18(29)10-25-27/h1-6,9-10H,7-8,11H2,(H2,23,28)(H,24,30). The van der Waals surface area contributed by atoms with Crippen molar-refractivity contribution < 1.29 is 9.59 Å². The van der Waals surface area contributed by atoms with Crippen LogP contribution in [0.4, 0.5) is 0 Å². The van der Waals surface area contributed by atoms with E-state index in [1.165, 1.54) is 18.2 Å². The van der Waals surface area contributed by atoms with Gasteiger partial charge in [-0.25, -0.2) is 9.36 Å². The molecule has 0 spiro atoms. The van der Waals surface area contributed by atoms with Gasteiger partial charge in [-0.3, -0.25) is 14.4 Å². The molecule has 0 saturated carbocycles. The SMILES string of the molecule is NC(=O)Cn1c(=O)cnn(-c2ccc(Cl)c(C(=O)NCCc3ccccc3Cl)c2)c1=O. The van der Waals surface area contributed by atoms with Gasteiger partial charge in [-0.05, 0) is 36.2 Å². The van der Waals surface area contributed by atoms with E-state index in [9.17, 15) is 19.2 Å². The summed E-state index contributed by atoms with van der Waals surface area (Å²) in [6.07, 6.45) is 1.39. The number of hydrogen-bond acceptors (Lipinski definition) is 5. The summed E-state index contributed by atoms with van der Waals surface area (Å²) in [7, 11) is 0. The number of hydrogen-bond donors (Lipinski definition) is 2. The Hall–Kier alpha value is -3.43. The van der Waals surface area contributed by atoms with Gasteiger partial charge < -0.3 is 11.1 Å². The lowest BCUT2D eigenvalue weighted by Gasteiger charge is -2.11. The summed E-state index contributed by atoms with van der Waals surface area (Å²) in [5.74, 6) is -1.32. The number of nitrogens with zero attached hydrogens (tertiary/aromatic N) is 3. The third-order valence-electron chi connectivity index (χ3n) is 4.35.